The largest absolute Gasteiger partial charge is 0.396 e. The molecule has 0 atom stereocenters. The number of halogens is 2. The normalized spacial score (nSPS) is 11.3. The van der Waals surface area contributed by atoms with Crippen molar-refractivity contribution in [1.29, 1.82) is 0 Å². The summed E-state index contributed by atoms with van der Waals surface area (Å²) in [5, 5.41) is 0. The van der Waals surface area contributed by atoms with E-state index < -0.39 is 32.2 Å². The van der Waals surface area contributed by atoms with Gasteiger partial charge in [-0.3, -0.25) is 0 Å². The van der Waals surface area contributed by atoms with E-state index in [2.05, 4.69) is 4.72 Å². The van der Waals surface area contributed by atoms with Crippen molar-refractivity contribution >= 4 is 15.7 Å². The molecule has 18 heavy (non-hydrogen) atoms. The highest BCUT2D eigenvalue weighted by Crippen LogP contribution is 2.20. The lowest BCUT2D eigenvalue weighted by Crippen LogP contribution is -2.25. The molecule has 0 aliphatic rings. The van der Waals surface area contributed by atoms with E-state index in [1.807, 2.05) is 0 Å². The Morgan fingerprint density at radius 3 is 2.50 bits per heavy atom. The smallest absolute Gasteiger partial charge is 0.243 e. The van der Waals surface area contributed by atoms with Gasteiger partial charge in [-0.1, -0.05) is 11.6 Å². The molecule has 0 spiro atoms. The molecule has 1 aromatic carbocycles. The Morgan fingerprint density at radius 2 is 1.94 bits per heavy atom. The van der Waals surface area contributed by atoms with Crippen molar-refractivity contribution in [3.05, 3.63) is 35.4 Å². The van der Waals surface area contributed by atoms with Crippen LogP contribution < -0.4 is 10.5 Å². The van der Waals surface area contributed by atoms with Gasteiger partial charge in [-0.05, 0) is 19.9 Å². The van der Waals surface area contributed by atoms with Crippen molar-refractivity contribution in [3.8, 4) is 0 Å². The van der Waals surface area contributed by atoms with Crippen LogP contribution in [0.2, 0.25) is 0 Å². The van der Waals surface area contributed by atoms with Crippen molar-refractivity contribution in [1.82, 2.24) is 4.72 Å². The van der Waals surface area contributed by atoms with E-state index in [9.17, 15) is 17.2 Å². The van der Waals surface area contributed by atoms with Gasteiger partial charge in [0, 0.05) is 12.6 Å². The van der Waals surface area contributed by atoms with Gasteiger partial charge in [0.15, 0.2) is 0 Å². The third-order valence-corrected chi connectivity index (χ3v) is 3.56. The number of rotatable bonds is 4. The molecule has 3 N–H and O–H groups in total. The quantitative estimate of drug-likeness (QED) is 0.650. The highest BCUT2D eigenvalue weighted by Gasteiger charge is 2.20. The zero-order valence-corrected chi connectivity index (χ0v) is 10.8. The molecular formula is C11H14F2N2O2S. The van der Waals surface area contributed by atoms with Gasteiger partial charge < -0.3 is 5.73 Å². The molecule has 0 aromatic heterocycles. The minimum atomic E-state index is -4.04. The summed E-state index contributed by atoms with van der Waals surface area (Å²) in [6.45, 7) is 3.62. The average molecular weight is 276 g/mol. The van der Waals surface area contributed by atoms with Crippen LogP contribution in [0.5, 0.6) is 0 Å². The molecule has 0 saturated heterocycles. The zero-order valence-electron chi connectivity index (χ0n) is 10.00. The van der Waals surface area contributed by atoms with Crippen molar-refractivity contribution in [3.63, 3.8) is 0 Å². The maximum absolute atomic E-state index is 13.4. The monoisotopic (exact) mass is 276 g/mol. The number of nitrogens with two attached hydrogens (primary N) is 1. The van der Waals surface area contributed by atoms with Gasteiger partial charge in [-0.25, -0.2) is 21.9 Å². The molecule has 0 amide bonds. The predicted molar refractivity (Wildman–Crippen MR) is 65.4 cm³/mol. The lowest BCUT2D eigenvalue weighted by Gasteiger charge is -2.07. The predicted octanol–water partition coefficient (Wildman–Crippen LogP) is 1.79. The second-order valence-electron chi connectivity index (χ2n) is 3.94. The summed E-state index contributed by atoms with van der Waals surface area (Å²) in [5.74, 6) is -2.16. The number of allylic oxidation sites excluding steroid dienone is 1. The van der Waals surface area contributed by atoms with Crippen LogP contribution in [0.25, 0.3) is 0 Å². The first-order chi connectivity index (χ1) is 8.24. The van der Waals surface area contributed by atoms with E-state index in [4.69, 9.17) is 5.73 Å². The van der Waals surface area contributed by atoms with Crippen LogP contribution in [0.3, 0.4) is 0 Å². The SMILES string of the molecule is CC(C)=CCNS(=O)(=O)c1cc(N)c(F)cc1F. The Labute approximate surface area is 105 Å². The van der Waals surface area contributed by atoms with Crippen LogP contribution >= 0.6 is 0 Å². The fourth-order valence-electron chi connectivity index (χ4n) is 1.18. The molecule has 0 heterocycles. The molecule has 0 saturated carbocycles. The van der Waals surface area contributed by atoms with Crippen LogP contribution in [0.15, 0.2) is 28.7 Å². The summed E-state index contributed by atoms with van der Waals surface area (Å²) >= 11 is 0. The summed E-state index contributed by atoms with van der Waals surface area (Å²) in [6, 6.07) is 1.21. The lowest BCUT2D eigenvalue weighted by molar-refractivity contribution is 0.546. The number of benzene rings is 1. The van der Waals surface area contributed by atoms with Gasteiger partial charge in [-0.15, -0.1) is 0 Å². The van der Waals surface area contributed by atoms with Gasteiger partial charge in [0.25, 0.3) is 0 Å². The number of hydrogen-bond donors (Lipinski definition) is 2. The van der Waals surface area contributed by atoms with E-state index in [0.717, 1.165) is 11.6 Å². The third-order valence-electron chi connectivity index (χ3n) is 2.12. The number of nitrogen functional groups attached to an aromatic ring is 1. The molecule has 0 unspecified atom stereocenters. The molecule has 1 aromatic rings. The lowest BCUT2D eigenvalue weighted by atomic mass is 10.3. The van der Waals surface area contributed by atoms with Gasteiger partial charge in [0.2, 0.25) is 10.0 Å². The molecule has 1 rings (SSSR count). The summed E-state index contributed by atoms with van der Waals surface area (Å²) in [5.41, 5.74) is 5.71. The van der Waals surface area contributed by atoms with Crippen LogP contribution in [0.1, 0.15) is 13.8 Å². The summed E-state index contributed by atoms with van der Waals surface area (Å²) < 4.78 is 51.9. The molecule has 0 radical (unpaired) electrons. The first-order valence-electron chi connectivity index (χ1n) is 5.11. The maximum Gasteiger partial charge on any atom is 0.243 e. The van der Waals surface area contributed by atoms with Crippen LogP contribution in [-0.2, 0) is 10.0 Å². The topological polar surface area (TPSA) is 72.2 Å². The average Bonchev–Trinajstić information content (AvgIpc) is 2.22. The van der Waals surface area contributed by atoms with E-state index in [1.165, 1.54) is 0 Å². The minimum Gasteiger partial charge on any atom is -0.396 e. The van der Waals surface area contributed by atoms with Crippen molar-refractivity contribution in [2.75, 3.05) is 12.3 Å². The van der Waals surface area contributed by atoms with E-state index >= 15 is 0 Å². The fraction of sp³-hybridized carbons (Fsp3) is 0.273. The van der Waals surface area contributed by atoms with Crippen LogP contribution in [-0.4, -0.2) is 15.0 Å². The molecule has 0 fully saturated rings. The van der Waals surface area contributed by atoms with Crippen LogP contribution in [0.4, 0.5) is 14.5 Å². The first kappa shape index (κ1) is 14.6. The van der Waals surface area contributed by atoms with Crippen molar-refractivity contribution in [2.45, 2.75) is 18.7 Å². The first-order valence-corrected chi connectivity index (χ1v) is 6.60. The number of hydrogen-bond acceptors (Lipinski definition) is 3. The van der Waals surface area contributed by atoms with Gasteiger partial charge in [0.1, 0.15) is 16.5 Å². The zero-order chi connectivity index (χ0) is 13.9. The molecule has 4 nitrogen and oxygen atoms in total. The highest BCUT2D eigenvalue weighted by atomic mass is 32.2. The molecule has 0 bridgehead atoms. The number of anilines is 1. The number of sulfonamides is 1. The molecule has 7 heteroatoms. The van der Waals surface area contributed by atoms with Crippen molar-refractivity contribution < 1.29 is 17.2 Å². The Balaban J connectivity index is 3.06. The Kier molecular flexibility index (Phi) is 4.42. The highest BCUT2D eigenvalue weighted by molar-refractivity contribution is 7.89. The molecule has 0 aliphatic heterocycles. The van der Waals surface area contributed by atoms with Gasteiger partial charge >= 0.3 is 0 Å². The summed E-state index contributed by atoms with van der Waals surface area (Å²) in [7, 11) is -4.04. The second kappa shape index (κ2) is 5.45. The molecule has 0 aliphatic carbocycles. The van der Waals surface area contributed by atoms with E-state index in [-0.39, 0.29) is 6.54 Å². The molecule has 100 valence electrons. The van der Waals surface area contributed by atoms with Crippen molar-refractivity contribution in [2.24, 2.45) is 0 Å². The second-order valence-corrected chi connectivity index (χ2v) is 5.67. The fourth-order valence-corrected chi connectivity index (χ4v) is 2.24. The maximum atomic E-state index is 13.4. The number of nitrogens with one attached hydrogen (secondary N) is 1. The van der Waals surface area contributed by atoms with Gasteiger partial charge in [0.05, 0.1) is 5.69 Å². The minimum absolute atomic E-state index is 0.0292. The van der Waals surface area contributed by atoms with E-state index in [1.54, 1.807) is 19.9 Å². The summed E-state index contributed by atoms with van der Waals surface area (Å²) in [4.78, 5) is -0.663. The Hall–Kier alpha value is -1.47. The van der Waals surface area contributed by atoms with E-state index in [0.29, 0.717) is 6.07 Å². The summed E-state index contributed by atoms with van der Waals surface area (Å²) in [6.07, 6.45) is 1.63. The third kappa shape index (κ3) is 3.51. The van der Waals surface area contributed by atoms with Gasteiger partial charge in [-0.2, -0.15) is 0 Å². The standard InChI is InChI=1S/C11H14F2N2O2S/c1-7(2)3-4-15-18(16,17)11-6-10(14)8(12)5-9(11)13/h3,5-6,15H,4,14H2,1-2H3. The Morgan fingerprint density at radius 1 is 1.33 bits per heavy atom. The molecular weight excluding hydrogens is 262 g/mol. The van der Waals surface area contributed by atoms with Crippen LogP contribution in [0, 0.1) is 11.6 Å². The Bertz CT molecular complexity index is 579.